The van der Waals surface area contributed by atoms with Crippen LogP contribution in [0.1, 0.15) is 6.92 Å². The van der Waals surface area contributed by atoms with Crippen LogP contribution in [0.15, 0.2) is 23.4 Å². The summed E-state index contributed by atoms with van der Waals surface area (Å²) in [6.45, 7) is 0.986. The fraction of sp³-hybridized carbons (Fsp3) is 0.364. The van der Waals surface area contributed by atoms with Gasteiger partial charge in [-0.15, -0.1) is 0 Å². The summed E-state index contributed by atoms with van der Waals surface area (Å²) < 4.78 is 31.0. The zero-order chi connectivity index (χ0) is 14.4. The lowest BCUT2D eigenvalue weighted by Crippen LogP contribution is -2.34. The molecule has 8 heteroatoms. The van der Waals surface area contributed by atoms with Crippen LogP contribution < -0.4 is 15.1 Å². The zero-order valence-corrected chi connectivity index (χ0v) is 10.5. The Bertz CT molecular complexity index is 468. The molecule has 0 aliphatic carbocycles. The predicted molar refractivity (Wildman–Crippen MR) is 64.5 cm³/mol. The fourth-order valence-electron chi connectivity index (χ4n) is 1.30. The van der Waals surface area contributed by atoms with Crippen molar-refractivity contribution in [2.24, 2.45) is 5.22 Å². The quantitative estimate of drug-likeness (QED) is 0.638. The number of nitrogens with one attached hydrogen (secondary N) is 2. The largest absolute Gasteiger partial charge is 0.488 e. The van der Waals surface area contributed by atoms with Gasteiger partial charge in [0.2, 0.25) is 0 Å². The molecule has 1 rings (SSSR count). The third kappa shape index (κ3) is 3.87. The highest BCUT2D eigenvalue weighted by atomic mass is 19.1. The van der Waals surface area contributed by atoms with Gasteiger partial charge in [0.1, 0.15) is 30.0 Å². The second-order valence-electron chi connectivity index (χ2n) is 3.67. The van der Waals surface area contributed by atoms with Crippen LogP contribution in [0.25, 0.3) is 0 Å². The molecule has 1 aromatic rings. The summed E-state index contributed by atoms with van der Waals surface area (Å²) in [5.41, 5.74) is 7.02. The van der Waals surface area contributed by atoms with E-state index in [1.54, 1.807) is 0 Å². The zero-order valence-electron chi connectivity index (χ0n) is 10.5. The molecule has 0 saturated carbocycles. The van der Waals surface area contributed by atoms with Gasteiger partial charge < -0.3 is 10.1 Å². The molecule has 0 unspecified atom stereocenters. The van der Waals surface area contributed by atoms with Crippen molar-refractivity contribution in [3.8, 4) is 5.75 Å². The Hall–Kier alpha value is -2.25. The average Bonchev–Trinajstić information content (AvgIpc) is 2.38. The van der Waals surface area contributed by atoms with Crippen molar-refractivity contribution in [3.63, 3.8) is 0 Å². The van der Waals surface area contributed by atoms with Crippen LogP contribution >= 0.6 is 0 Å². The normalized spacial score (nSPS) is 11.6. The third-order valence-electron chi connectivity index (χ3n) is 2.12. The van der Waals surface area contributed by atoms with E-state index in [0.717, 1.165) is 12.1 Å². The Labute approximate surface area is 108 Å². The number of hydrogen-bond donors (Lipinski definition) is 2. The lowest BCUT2D eigenvalue weighted by molar-refractivity contribution is 0.209. The highest BCUT2D eigenvalue weighted by molar-refractivity contribution is 5.92. The molecule has 2 amide bonds. The SMILES string of the molecule is CNC(=O)N(N=N)c1ccc(F)cc1OC[C@H](C)F. The van der Waals surface area contributed by atoms with Crippen LogP contribution in [0.5, 0.6) is 5.75 Å². The van der Waals surface area contributed by atoms with Crippen molar-refractivity contribution in [1.29, 1.82) is 5.53 Å². The first kappa shape index (κ1) is 14.8. The number of amides is 2. The second-order valence-corrected chi connectivity index (χ2v) is 3.67. The van der Waals surface area contributed by atoms with Crippen LogP contribution in [-0.4, -0.2) is 25.9 Å². The summed E-state index contributed by atoms with van der Waals surface area (Å²) in [6, 6.07) is 2.61. The van der Waals surface area contributed by atoms with Gasteiger partial charge in [0, 0.05) is 13.1 Å². The van der Waals surface area contributed by atoms with E-state index in [9.17, 15) is 13.6 Å². The molecule has 0 heterocycles. The summed E-state index contributed by atoms with van der Waals surface area (Å²) in [6.07, 6.45) is -1.25. The molecule has 1 atom stereocenters. The summed E-state index contributed by atoms with van der Waals surface area (Å²) in [7, 11) is 1.36. The van der Waals surface area contributed by atoms with Gasteiger partial charge in [-0.1, -0.05) is 5.22 Å². The van der Waals surface area contributed by atoms with Gasteiger partial charge in [-0.25, -0.2) is 13.6 Å². The van der Waals surface area contributed by atoms with Gasteiger partial charge >= 0.3 is 6.03 Å². The van der Waals surface area contributed by atoms with E-state index in [2.05, 4.69) is 10.5 Å². The first-order valence-electron chi connectivity index (χ1n) is 5.45. The van der Waals surface area contributed by atoms with Crippen molar-refractivity contribution in [2.75, 3.05) is 18.7 Å². The van der Waals surface area contributed by atoms with E-state index >= 15 is 0 Å². The Morgan fingerprint density at radius 1 is 1.63 bits per heavy atom. The number of ether oxygens (including phenoxy) is 1. The van der Waals surface area contributed by atoms with E-state index in [1.165, 1.54) is 20.0 Å². The van der Waals surface area contributed by atoms with E-state index in [4.69, 9.17) is 10.3 Å². The van der Waals surface area contributed by atoms with E-state index in [-0.39, 0.29) is 18.0 Å². The molecule has 0 fully saturated rings. The number of urea groups is 1. The molecule has 104 valence electrons. The standard InChI is InChI=1S/C11H14F2N4O2/c1-7(12)6-19-10-5-8(13)3-4-9(10)17(16-14)11(18)15-2/h3-5,7,14H,6H2,1-2H3,(H,15,18)/t7-/m0/s1. The number of halogens is 2. The topological polar surface area (TPSA) is 77.8 Å². The Morgan fingerprint density at radius 2 is 2.32 bits per heavy atom. The van der Waals surface area contributed by atoms with E-state index < -0.39 is 18.0 Å². The minimum Gasteiger partial charge on any atom is -0.488 e. The molecule has 0 radical (unpaired) electrons. The van der Waals surface area contributed by atoms with Gasteiger partial charge in [0.25, 0.3) is 0 Å². The van der Waals surface area contributed by atoms with Crippen LogP contribution in [0.4, 0.5) is 19.3 Å². The Kier molecular flexibility index (Phi) is 5.16. The molecule has 19 heavy (non-hydrogen) atoms. The van der Waals surface area contributed by atoms with Crippen molar-refractivity contribution in [3.05, 3.63) is 24.0 Å². The maximum absolute atomic E-state index is 13.2. The molecule has 0 bridgehead atoms. The molecular weight excluding hydrogens is 258 g/mol. The summed E-state index contributed by atoms with van der Waals surface area (Å²) >= 11 is 0. The molecular formula is C11H14F2N4O2. The molecule has 0 spiro atoms. The maximum Gasteiger partial charge on any atom is 0.343 e. The van der Waals surface area contributed by atoms with Crippen molar-refractivity contribution < 1.29 is 18.3 Å². The molecule has 1 aromatic carbocycles. The number of carbonyl (C=O) groups is 1. The number of alkyl halides is 1. The Morgan fingerprint density at radius 3 is 2.84 bits per heavy atom. The van der Waals surface area contributed by atoms with Gasteiger partial charge in [0.15, 0.2) is 0 Å². The minimum absolute atomic E-state index is 0.0522. The predicted octanol–water partition coefficient (Wildman–Crippen LogP) is 2.65. The first-order chi connectivity index (χ1) is 8.99. The smallest absolute Gasteiger partial charge is 0.343 e. The van der Waals surface area contributed by atoms with Crippen molar-refractivity contribution in [2.45, 2.75) is 13.1 Å². The summed E-state index contributed by atoms with van der Waals surface area (Å²) in [5.74, 6) is -0.670. The highest BCUT2D eigenvalue weighted by Gasteiger charge is 2.19. The number of benzene rings is 1. The minimum atomic E-state index is -1.25. The first-order valence-corrected chi connectivity index (χ1v) is 5.45. The van der Waals surface area contributed by atoms with Gasteiger partial charge in [-0.3, -0.25) is 0 Å². The van der Waals surface area contributed by atoms with Gasteiger partial charge in [-0.2, -0.15) is 10.5 Å². The Balaban J connectivity index is 3.10. The average molecular weight is 272 g/mol. The number of rotatable bonds is 5. The van der Waals surface area contributed by atoms with Crippen LogP contribution in [0, 0.1) is 11.3 Å². The van der Waals surface area contributed by atoms with Crippen LogP contribution in [0.2, 0.25) is 0 Å². The van der Waals surface area contributed by atoms with Crippen LogP contribution in [-0.2, 0) is 0 Å². The van der Waals surface area contributed by atoms with Gasteiger partial charge in [-0.05, 0) is 19.1 Å². The van der Waals surface area contributed by atoms with Crippen molar-refractivity contribution in [1.82, 2.24) is 5.32 Å². The second kappa shape index (κ2) is 6.62. The molecule has 6 nitrogen and oxygen atoms in total. The monoisotopic (exact) mass is 272 g/mol. The molecule has 0 saturated heterocycles. The summed E-state index contributed by atoms with van der Waals surface area (Å²) in [4.78, 5) is 11.5. The van der Waals surface area contributed by atoms with E-state index in [1.807, 2.05) is 0 Å². The maximum atomic E-state index is 13.2. The number of hydrogen-bond acceptors (Lipinski definition) is 4. The summed E-state index contributed by atoms with van der Waals surface area (Å²) in [5, 5.41) is 5.97. The van der Waals surface area contributed by atoms with E-state index in [0.29, 0.717) is 5.01 Å². The fourth-order valence-corrected chi connectivity index (χ4v) is 1.30. The molecule has 0 aliphatic rings. The molecule has 0 aromatic heterocycles. The number of nitrogens with zero attached hydrogens (tertiary/aromatic N) is 2. The third-order valence-corrected chi connectivity index (χ3v) is 2.12. The number of anilines is 1. The van der Waals surface area contributed by atoms with Crippen molar-refractivity contribution >= 4 is 11.7 Å². The highest BCUT2D eigenvalue weighted by Crippen LogP contribution is 2.30. The molecule has 0 aliphatic heterocycles. The molecule has 2 N–H and O–H groups in total. The lowest BCUT2D eigenvalue weighted by Gasteiger charge is -2.18. The number of carbonyl (C=O) groups excluding carboxylic acids is 1. The van der Waals surface area contributed by atoms with Gasteiger partial charge in [0.05, 0.1) is 0 Å². The van der Waals surface area contributed by atoms with Crippen LogP contribution in [0.3, 0.4) is 0 Å². The lowest BCUT2D eigenvalue weighted by atomic mass is 10.2.